The smallest absolute Gasteiger partial charge is 0.269 e. The minimum atomic E-state index is -0.149. The molecule has 2 heterocycles. The Balaban J connectivity index is 2.15. The van der Waals surface area contributed by atoms with E-state index in [0.717, 1.165) is 31.7 Å². The van der Waals surface area contributed by atoms with E-state index in [4.69, 9.17) is 5.73 Å². The van der Waals surface area contributed by atoms with Crippen molar-refractivity contribution in [2.45, 2.75) is 12.8 Å². The maximum atomic E-state index is 11.6. The second kappa shape index (κ2) is 5.82. The molecule has 1 atom stereocenters. The fraction of sp³-hybridized carbons (Fsp3) is 0.538. The van der Waals surface area contributed by atoms with Crippen LogP contribution in [0.25, 0.3) is 0 Å². The van der Waals surface area contributed by atoms with Crippen molar-refractivity contribution in [1.82, 2.24) is 10.3 Å². The number of piperidine rings is 1. The van der Waals surface area contributed by atoms with Crippen LogP contribution in [0.4, 0.5) is 5.69 Å². The van der Waals surface area contributed by atoms with E-state index in [2.05, 4.69) is 15.2 Å². The van der Waals surface area contributed by atoms with Gasteiger partial charge in [0.2, 0.25) is 0 Å². The second-order valence-electron chi connectivity index (χ2n) is 4.67. The van der Waals surface area contributed by atoms with E-state index in [-0.39, 0.29) is 5.91 Å². The van der Waals surface area contributed by atoms with Gasteiger partial charge in [0.1, 0.15) is 5.69 Å². The first-order chi connectivity index (χ1) is 8.74. The Hall–Kier alpha value is -1.62. The van der Waals surface area contributed by atoms with E-state index in [9.17, 15) is 4.79 Å². The zero-order valence-corrected chi connectivity index (χ0v) is 10.7. The average molecular weight is 248 g/mol. The molecule has 5 heteroatoms. The van der Waals surface area contributed by atoms with Gasteiger partial charge in [-0.25, -0.2) is 0 Å². The molecule has 0 aliphatic carbocycles. The van der Waals surface area contributed by atoms with Gasteiger partial charge in [0, 0.05) is 32.0 Å². The number of hydrogen-bond acceptors (Lipinski definition) is 4. The number of hydrogen-bond donors (Lipinski definition) is 2. The van der Waals surface area contributed by atoms with Crippen molar-refractivity contribution in [3.05, 3.63) is 24.0 Å². The zero-order chi connectivity index (χ0) is 13.0. The Morgan fingerprint density at radius 1 is 1.67 bits per heavy atom. The molecule has 0 aromatic carbocycles. The summed E-state index contributed by atoms with van der Waals surface area (Å²) >= 11 is 0. The molecule has 0 spiro atoms. The highest BCUT2D eigenvalue weighted by Gasteiger charge is 2.19. The summed E-state index contributed by atoms with van der Waals surface area (Å²) in [6, 6.07) is 3.79. The maximum absolute atomic E-state index is 11.6. The fourth-order valence-corrected chi connectivity index (χ4v) is 2.36. The van der Waals surface area contributed by atoms with Crippen LogP contribution in [0.1, 0.15) is 23.3 Å². The lowest BCUT2D eigenvalue weighted by molar-refractivity contribution is 0.0958. The predicted octanol–water partition coefficient (Wildman–Crippen LogP) is 0.616. The van der Waals surface area contributed by atoms with Gasteiger partial charge in [-0.05, 0) is 37.4 Å². The van der Waals surface area contributed by atoms with E-state index in [1.807, 2.05) is 12.1 Å². The van der Waals surface area contributed by atoms with Crippen LogP contribution in [-0.4, -0.2) is 37.6 Å². The van der Waals surface area contributed by atoms with Crippen molar-refractivity contribution in [3.63, 3.8) is 0 Å². The van der Waals surface area contributed by atoms with Crippen molar-refractivity contribution in [1.29, 1.82) is 0 Å². The van der Waals surface area contributed by atoms with E-state index < -0.39 is 0 Å². The first-order valence-corrected chi connectivity index (χ1v) is 6.37. The van der Waals surface area contributed by atoms with Crippen LogP contribution < -0.4 is 16.0 Å². The minimum Gasteiger partial charge on any atom is -0.371 e. The summed E-state index contributed by atoms with van der Waals surface area (Å²) in [6.45, 7) is 2.71. The molecule has 1 saturated heterocycles. The van der Waals surface area contributed by atoms with Gasteiger partial charge in [0.05, 0.1) is 0 Å². The number of pyridine rings is 1. The molecule has 1 aliphatic heterocycles. The first kappa shape index (κ1) is 12.8. The number of nitrogens with two attached hydrogens (primary N) is 1. The second-order valence-corrected chi connectivity index (χ2v) is 4.67. The van der Waals surface area contributed by atoms with Crippen LogP contribution >= 0.6 is 0 Å². The SMILES string of the molecule is CNC(=O)c1cc(N2CCCC(CN)C2)ccn1. The van der Waals surface area contributed by atoms with E-state index in [1.54, 1.807) is 13.2 Å². The number of nitrogens with zero attached hydrogens (tertiary/aromatic N) is 2. The molecule has 1 aliphatic rings. The van der Waals surface area contributed by atoms with Crippen molar-refractivity contribution < 1.29 is 4.79 Å². The number of anilines is 1. The number of aromatic nitrogens is 1. The van der Waals surface area contributed by atoms with E-state index in [0.29, 0.717) is 11.6 Å². The summed E-state index contributed by atoms with van der Waals surface area (Å²) in [7, 11) is 1.61. The Bertz CT molecular complexity index is 421. The zero-order valence-electron chi connectivity index (χ0n) is 10.7. The normalized spacial score (nSPS) is 19.7. The van der Waals surface area contributed by atoms with Gasteiger partial charge in [-0.3, -0.25) is 9.78 Å². The number of carbonyl (C=O) groups excluding carboxylic acids is 1. The Morgan fingerprint density at radius 3 is 3.22 bits per heavy atom. The number of nitrogens with one attached hydrogen (secondary N) is 1. The molecule has 1 unspecified atom stereocenters. The molecule has 3 N–H and O–H groups in total. The fourth-order valence-electron chi connectivity index (χ4n) is 2.36. The van der Waals surface area contributed by atoms with E-state index >= 15 is 0 Å². The Labute approximate surface area is 107 Å². The van der Waals surface area contributed by atoms with Gasteiger partial charge < -0.3 is 16.0 Å². The molecular weight excluding hydrogens is 228 g/mol. The van der Waals surface area contributed by atoms with Crippen LogP contribution in [0.3, 0.4) is 0 Å². The monoisotopic (exact) mass is 248 g/mol. The third kappa shape index (κ3) is 2.79. The quantitative estimate of drug-likeness (QED) is 0.822. The summed E-state index contributed by atoms with van der Waals surface area (Å²) < 4.78 is 0. The highest BCUT2D eigenvalue weighted by molar-refractivity contribution is 5.92. The molecule has 1 aromatic heterocycles. The van der Waals surface area contributed by atoms with Crippen molar-refractivity contribution >= 4 is 11.6 Å². The van der Waals surface area contributed by atoms with Crippen LogP contribution in [0.2, 0.25) is 0 Å². The van der Waals surface area contributed by atoms with Gasteiger partial charge in [-0.15, -0.1) is 0 Å². The number of rotatable bonds is 3. The number of amides is 1. The number of carbonyl (C=O) groups is 1. The third-order valence-corrected chi connectivity index (χ3v) is 3.42. The highest BCUT2D eigenvalue weighted by Crippen LogP contribution is 2.22. The highest BCUT2D eigenvalue weighted by atomic mass is 16.1. The van der Waals surface area contributed by atoms with Gasteiger partial charge in [0.15, 0.2) is 0 Å². The first-order valence-electron chi connectivity index (χ1n) is 6.37. The summed E-state index contributed by atoms with van der Waals surface area (Å²) in [6.07, 6.45) is 4.03. The summed E-state index contributed by atoms with van der Waals surface area (Å²) in [5, 5.41) is 2.59. The lowest BCUT2D eigenvalue weighted by Gasteiger charge is -2.33. The van der Waals surface area contributed by atoms with Crippen molar-refractivity contribution in [2.75, 3.05) is 31.6 Å². The molecule has 0 saturated carbocycles. The topological polar surface area (TPSA) is 71.2 Å². The van der Waals surface area contributed by atoms with Gasteiger partial charge >= 0.3 is 0 Å². The Kier molecular flexibility index (Phi) is 4.15. The van der Waals surface area contributed by atoms with Crippen LogP contribution in [0, 0.1) is 5.92 Å². The van der Waals surface area contributed by atoms with Crippen molar-refractivity contribution in [2.24, 2.45) is 11.7 Å². The molecule has 0 bridgehead atoms. The van der Waals surface area contributed by atoms with Crippen LogP contribution in [0.5, 0.6) is 0 Å². The minimum absolute atomic E-state index is 0.149. The lowest BCUT2D eigenvalue weighted by atomic mass is 9.98. The largest absolute Gasteiger partial charge is 0.371 e. The predicted molar refractivity (Wildman–Crippen MR) is 71.6 cm³/mol. The molecule has 1 amide bonds. The summed E-state index contributed by atoms with van der Waals surface area (Å²) in [5.41, 5.74) is 7.26. The average Bonchev–Trinajstić information content (AvgIpc) is 2.46. The lowest BCUT2D eigenvalue weighted by Crippen LogP contribution is -2.38. The molecule has 1 aromatic rings. The molecule has 18 heavy (non-hydrogen) atoms. The molecule has 98 valence electrons. The van der Waals surface area contributed by atoms with Gasteiger partial charge in [-0.1, -0.05) is 0 Å². The van der Waals surface area contributed by atoms with Gasteiger partial charge in [0.25, 0.3) is 5.91 Å². The van der Waals surface area contributed by atoms with Crippen molar-refractivity contribution in [3.8, 4) is 0 Å². The summed E-state index contributed by atoms with van der Waals surface area (Å²) in [4.78, 5) is 17.9. The molecule has 2 rings (SSSR count). The summed E-state index contributed by atoms with van der Waals surface area (Å²) in [5.74, 6) is 0.402. The van der Waals surface area contributed by atoms with E-state index in [1.165, 1.54) is 6.42 Å². The Morgan fingerprint density at radius 2 is 2.50 bits per heavy atom. The third-order valence-electron chi connectivity index (χ3n) is 3.42. The van der Waals surface area contributed by atoms with Gasteiger partial charge in [-0.2, -0.15) is 0 Å². The molecular formula is C13H20N4O. The standard InChI is InChI=1S/C13H20N4O/c1-15-13(18)12-7-11(4-5-16-12)17-6-2-3-10(8-14)9-17/h4-5,7,10H,2-3,6,8-9,14H2,1H3,(H,15,18). The molecule has 5 nitrogen and oxygen atoms in total. The molecule has 1 fully saturated rings. The maximum Gasteiger partial charge on any atom is 0.269 e. The molecule has 0 radical (unpaired) electrons. The van der Waals surface area contributed by atoms with Crippen LogP contribution in [0.15, 0.2) is 18.3 Å². The van der Waals surface area contributed by atoms with Crippen LogP contribution in [-0.2, 0) is 0 Å².